The number of nitrogens with zero attached hydrogens (tertiary/aromatic N) is 3. The first-order valence-corrected chi connectivity index (χ1v) is 8.08. The van der Waals surface area contributed by atoms with Crippen LogP contribution in [-0.2, 0) is 0 Å². The fourth-order valence-electron chi connectivity index (χ4n) is 2.61. The highest BCUT2D eigenvalue weighted by Crippen LogP contribution is 2.28. The van der Waals surface area contributed by atoms with Crippen LogP contribution in [0.3, 0.4) is 0 Å². The molecule has 1 fully saturated rings. The predicted molar refractivity (Wildman–Crippen MR) is 79.7 cm³/mol. The van der Waals surface area contributed by atoms with Gasteiger partial charge in [0.25, 0.3) is 5.89 Å². The van der Waals surface area contributed by atoms with Crippen LogP contribution in [0.1, 0.15) is 31.6 Å². The number of rotatable bonds is 5. The molecule has 1 aliphatic rings. The highest BCUT2D eigenvalue weighted by Gasteiger charge is 2.26. The summed E-state index contributed by atoms with van der Waals surface area (Å²) in [6.07, 6.45) is 2.20. The second kappa shape index (κ2) is 6.47. The van der Waals surface area contributed by atoms with Crippen LogP contribution >= 0.6 is 11.3 Å². The lowest BCUT2D eigenvalue weighted by molar-refractivity contribution is 0.155. The fraction of sp³-hybridized carbons (Fsp3) is 0.571. The van der Waals surface area contributed by atoms with Crippen molar-refractivity contribution in [2.24, 2.45) is 0 Å². The van der Waals surface area contributed by atoms with Gasteiger partial charge in [0.1, 0.15) is 0 Å². The highest BCUT2D eigenvalue weighted by molar-refractivity contribution is 7.13. The molecule has 20 heavy (non-hydrogen) atoms. The van der Waals surface area contributed by atoms with Crippen LogP contribution in [0.25, 0.3) is 10.8 Å². The van der Waals surface area contributed by atoms with Gasteiger partial charge in [-0.3, -0.25) is 4.90 Å². The van der Waals surface area contributed by atoms with Crippen molar-refractivity contribution >= 4 is 11.3 Å². The van der Waals surface area contributed by atoms with E-state index >= 15 is 0 Å². The molecule has 0 spiro atoms. The summed E-state index contributed by atoms with van der Waals surface area (Å²) in [5.41, 5.74) is 0. The Morgan fingerprint density at radius 3 is 3.00 bits per heavy atom. The molecule has 2 aromatic heterocycles. The van der Waals surface area contributed by atoms with Crippen molar-refractivity contribution in [2.75, 3.05) is 26.2 Å². The van der Waals surface area contributed by atoms with Crippen molar-refractivity contribution in [2.45, 2.75) is 25.8 Å². The molecule has 0 saturated carbocycles. The largest absolute Gasteiger partial charge is 0.333 e. The van der Waals surface area contributed by atoms with E-state index in [1.165, 1.54) is 0 Å². The molecule has 1 N–H and O–H groups in total. The van der Waals surface area contributed by atoms with E-state index in [9.17, 15) is 0 Å². The monoisotopic (exact) mass is 292 g/mol. The number of aromatic nitrogens is 2. The molecule has 1 atom stereocenters. The molecule has 1 unspecified atom stereocenters. The SMILES string of the molecule is CCCC(c1noc(-c2cccs2)n1)N1CCNCC1. The molecule has 108 valence electrons. The van der Waals surface area contributed by atoms with E-state index in [-0.39, 0.29) is 6.04 Å². The van der Waals surface area contributed by atoms with Gasteiger partial charge in [0.2, 0.25) is 0 Å². The van der Waals surface area contributed by atoms with Crippen LogP contribution in [0.4, 0.5) is 0 Å². The number of hydrogen-bond donors (Lipinski definition) is 1. The van der Waals surface area contributed by atoms with E-state index < -0.39 is 0 Å². The van der Waals surface area contributed by atoms with E-state index in [1.807, 2.05) is 17.5 Å². The lowest BCUT2D eigenvalue weighted by atomic mass is 10.1. The molecular weight excluding hydrogens is 272 g/mol. The summed E-state index contributed by atoms with van der Waals surface area (Å²) < 4.78 is 5.43. The Morgan fingerprint density at radius 2 is 2.30 bits per heavy atom. The van der Waals surface area contributed by atoms with Gasteiger partial charge in [-0.2, -0.15) is 4.98 Å². The Kier molecular flexibility index (Phi) is 4.44. The van der Waals surface area contributed by atoms with E-state index in [4.69, 9.17) is 4.52 Å². The Labute approximate surface area is 123 Å². The second-order valence-corrected chi connectivity index (χ2v) is 5.97. The van der Waals surface area contributed by atoms with Crippen LogP contribution < -0.4 is 5.32 Å². The lowest BCUT2D eigenvalue weighted by Gasteiger charge is -2.33. The van der Waals surface area contributed by atoms with E-state index in [0.29, 0.717) is 5.89 Å². The number of nitrogens with one attached hydrogen (secondary N) is 1. The Morgan fingerprint density at radius 1 is 1.45 bits per heavy atom. The molecule has 3 rings (SSSR count). The third-order valence-corrected chi connectivity index (χ3v) is 4.48. The minimum Gasteiger partial charge on any atom is -0.333 e. The third kappa shape index (κ3) is 2.92. The predicted octanol–water partition coefficient (Wildman–Crippen LogP) is 2.54. The van der Waals surface area contributed by atoms with Gasteiger partial charge in [0.15, 0.2) is 5.82 Å². The maximum Gasteiger partial charge on any atom is 0.268 e. The zero-order valence-electron chi connectivity index (χ0n) is 11.7. The van der Waals surface area contributed by atoms with Gasteiger partial charge < -0.3 is 9.84 Å². The quantitative estimate of drug-likeness (QED) is 0.918. The minimum atomic E-state index is 0.277. The normalized spacial score (nSPS) is 18.2. The molecule has 5 nitrogen and oxygen atoms in total. The molecule has 0 amide bonds. The molecule has 1 saturated heterocycles. The zero-order valence-corrected chi connectivity index (χ0v) is 12.5. The molecule has 0 aliphatic carbocycles. The van der Waals surface area contributed by atoms with Crippen LogP contribution in [0, 0.1) is 0 Å². The first kappa shape index (κ1) is 13.7. The summed E-state index contributed by atoms with van der Waals surface area (Å²) >= 11 is 1.63. The number of thiophene rings is 1. The van der Waals surface area contributed by atoms with E-state index in [1.54, 1.807) is 11.3 Å². The first-order chi connectivity index (χ1) is 9.88. The van der Waals surface area contributed by atoms with Crippen molar-refractivity contribution in [3.63, 3.8) is 0 Å². The number of hydrogen-bond acceptors (Lipinski definition) is 6. The summed E-state index contributed by atoms with van der Waals surface area (Å²) in [5, 5.41) is 9.64. The van der Waals surface area contributed by atoms with Crippen molar-refractivity contribution in [3.05, 3.63) is 23.3 Å². The zero-order chi connectivity index (χ0) is 13.8. The van der Waals surface area contributed by atoms with Gasteiger partial charge in [0, 0.05) is 26.2 Å². The summed E-state index contributed by atoms with van der Waals surface area (Å²) in [6.45, 7) is 6.38. The molecule has 2 aromatic rings. The van der Waals surface area contributed by atoms with Gasteiger partial charge in [0.05, 0.1) is 10.9 Å². The Hall–Kier alpha value is -1.24. The van der Waals surface area contributed by atoms with Crippen molar-refractivity contribution in [1.82, 2.24) is 20.4 Å². The molecule has 0 aromatic carbocycles. The Balaban J connectivity index is 1.80. The molecule has 0 bridgehead atoms. The molecular formula is C14H20N4OS. The average Bonchev–Trinajstić information content (AvgIpc) is 3.16. The molecule has 0 radical (unpaired) electrons. The van der Waals surface area contributed by atoms with Crippen molar-refractivity contribution < 1.29 is 4.52 Å². The van der Waals surface area contributed by atoms with Gasteiger partial charge in [-0.05, 0) is 17.9 Å². The maximum absolute atomic E-state index is 5.43. The van der Waals surface area contributed by atoms with Gasteiger partial charge >= 0.3 is 0 Å². The molecule has 6 heteroatoms. The third-order valence-electron chi connectivity index (χ3n) is 3.63. The fourth-order valence-corrected chi connectivity index (χ4v) is 3.26. The van der Waals surface area contributed by atoms with Crippen LogP contribution in [-0.4, -0.2) is 41.2 Å². The second-order valence-electron chi connectivity index (χ2n) is 5.03. The van der Waals surface area contributed by atoms with E-state index in [2.05, 4.69) is 27.3 Å². The average molecular weight is 292 g/mol. The smallest absolute Gasteiger partial charge is 0.268 e. The summed E-state index contributed by atoms with van der Waals surface area (Å²) in [6, 6.07) is 4.30. The first-order valence-electron chi connectivity index (χ1n) is 7.20. The van der Waals surface area contributed by atoms with Gasteiger partial charge in [-0.15, -0.1) is 11.3 Å². The van der Waals surface area contributed by atoms with Gasteiger partial charge in [-0.25, -0.2) is 0 Å². The van der Waals surface area contributed by atoms with Crippen LogP contribution in [0.15, 0.2) is 22.0 Å². The highest BCUT2D eigenvalue weighted by atomic mass is 32.1. The standard InChI is InChI=1S/C14H20N4OS/c1-2-4-11(18-8-6-15-7-9-18)13-16-14(19-17-13)12-5-3-10-20-12/h3,5,10-11,15H,2,4,6-9H2,1H3. The summed E-state index contributed by atoms with van der Waals surface area (Å²) in [7, 11) is 0. The molecule has 1 aliphatic heterocycles. The lowest BCUT2D eigenvalue weighted by Crippen LogP contribution is -2.45. The van der Waals surface area contributed by atoms with E-state index in [0.717, 1.165) is 49.7 Å². The van der Waals surface area contributed by atoms with Crippen LogP contribution in [0.5, 0.6) is 0 Å². The molecule has 3 heterocycles. The number of piperazine rings is 1. The minimum absolute atomic E-state index is 0.277. The summed E-state index contributed by atoms with van der Waals surface area (Å²) in [5.74, 6) is 1.48. The van der Waals surface area contributed by atoms with Crippen molar-refractivity contribution in [3.8, 4) is 10.8 Å². The summed E-state index contributed by atoms with van der Waals surface area (Å²) in [4.78, 5) is 8.12. The topological polar surface area (TPSA) is 54.2 Å². The Bertz CT molecular complexity index is 519. The maximum atomic E-state index is 5.43. The van der Waals surface area contributed by atoms with Crippen molar-refractivity contribution in [1.29, 1.82) is 0 Å². The van der Waals surface area contributed by atoms with Crippen LogP contribution in [0.2, 0.25) is 0 Å². The van der Waals surface area contributed by atoms with Gasteiger partial charge in [-0.1, -0.05) is 24.6 Å².